The summed E-state index contributed by atoms with van der Waals surface area (Å²) in [7, 11) is 0. The summed E-state index contributed by atoms with van der Waals surface area (Å²) in [6.07, 6.45) is 0. The molecule has 0 bridgehead atoms. The third-order valence-corrected chi connectivity index (χ3v) is 13.6. The molecule has 0 unspecified atom stereocenters. The van der Waals surface area contributed by atoms with Crippen molar-refractivity contribution in [3.05, 3.63) is 216 Å². The van der Waals surface area contributed by atoms with Crippen LogP contribution in [-0.4, -0.2) is 0 Å². The van der Waals surface area contributed by atoms with Gasteiger partial charge in [0.25, 0.3) is 0 Å². The molecule has 0 N–H and O–H groups in total. The van der Waals surface area contributed by atoms with Crippen LogP contribution in [0.4, 0.5) is 34.1 Å². The zero-order valence-electron chi connectivity index (χ0n) is 34.8. The number of hydrogen-bond donors (Lipinski definition) is 0. The minimum atomic E-state index is -0.137. The average Bonchev–Trinajstić information content (AvgIpc) is 3.66. The van der Waals surface area contributed by atoms with Crippen molar-refractivity contribution < 1.29 is 4.74 Å². The first-order valence-corrected chi connectivity index (χ1v) is 21.3. The van der Waals surface area contributed by atoms with Gasteiger partial charge in [-0.05, 0) is 128 Å². The van der Waals surface area contributed by atoms with Crippen molar-refractivity contribution in [2.45, 2.75) is 38.5 Å². The summed E-state index contributed by atoms with van der Waals surface area (Å²) >= 11 is 0. The van der Waals surface area contributed by atoms with Crippen LogP contribution in [0.2, 0.25) is 0 Å². The second kappa shape index (κ2) is 13.1. The molecule has 0 atom stereocenters. The lowest BCUT2D eigenvalue weighted by atomic mass is 9.82. The summed E-state index contributed by atoms with van der Waals surface area (Å²) in [5.41, 5.74) is 19.3. The first kappa shape index (κ1) is 35.6. The Morgan fingerprint density at radius 1 is 0.311 bits per heavy atom. The fourth-order valence-corrected chi connectivity index (χ4v) is 10.6. The Hall–Kier alpha value is -7.36. The van der Waals surface area contributed by atoms with Gasteiger partial charge in [-0.25, -0.2) is 0 Å². The monoisotopic (exact) mass is 784 g/mol. The highest BCUT2D eigenvalue weighted by molar-refractivity contribution is 6.07. The van der Waals surface area contributed by atoms with Crippen LogP contribution in [-0.2, 0) is 10.8 Å². The smallest absolute Gasteiger partial charge is 0.138 e. The molecule has 9 aromatic rings. The molecule has 0 saturated heterocycles. The topological polar surface area (TPSA) is 15.7 Å². The van der Waals surface area contributed by atoms with E-state index in [9.17, 15) is 0 Å². The summed E-state index contributed by atoms with van der Waals surface area (Å²) < 4.78 is 7.01. The van der Waals surface area contributed by atoms with Gasteiger partial charge in [0.15, 0.2) is 0 Å². The van der Waals surface area contributed by atoms with Crippen molar-refractivity contribution in [3.8, 4) is 44.9 Å². The van der Waals surface area contributed by atoms with Crippen LogP contribution in [0, 0.1) is 0 Å². The standard InChI is InChI=1S/C58H44N2O/c1-57(2)50-24-13-11-21-44(50)46-29-26-41(34-52(46)57)60(42-27-30-47-45-22-12-14-25-51(45)58(3,4)53(47)35-42)43-32-37-16-15-23-48-49-33-40(28-31-54(49)61-55(36-43)56(37)48)59(38-17-7-5-8-18-38)39-19-9-6-10-20-39/h5-36H,1-4H3. The van der Waals surface area contributed by atoms with E-state index in [2.05, 4.69) is 232 Å². The molecule has 3 nitrogen and oxygen atoms in total. The number of fused-ring (bicyclic) bond motifs is 8. The highest BCUT2D eigenvalue weighted by atomic mass is 16.5. The highest BCUT2D eigenvalue weighted by Gasteiger charge is 2.38. The lowest BCUT2D eigenvalue weighted by Gasteiger charge is -2.31. The maximum absolute atomic E-state index is 7.01. The van der Waals surface area contributed by atoms with Gasteiger partial charge in [-0.2, -0.15) is 0 Å². The second-order valence-electron chi connectivity index (χ2n) is 17.8. The molecule has 2 aliphatic carbocycles. The van der Waals surface area contributed by atoms with Crippen molar-refractivity contribution in [1.82, 2.24) is 0 Å². The Kier molecular flexibility index (Phi) is 7.62. The Bertz CT molecular complexity index is 3090. The summed E-state index contributed by atoms with van der Waals surface area (Å²) in [4.78, 5) is 4.75. The number of nitrogens with zero attached hydrogens (tertiary/aromatic N) is 2. The first-order chi connectivity index (χ1) is 29.8. The Morgan fingerprint density at radius 3 is 1.38 bits per heavy atom. The first-order valence-electron chi connectivity index (χ1n) is 21.3. The zero-order chi connectivity index (χ0) is 41.0. The molecule has 0 amide bonds. The lowest BCUT2D eigenvalue weighted by Crippen LogP contribution is -2.18. The SMILES string of the molecule is CC1(C)c2ccccc2-c2ccc(N(c3ccc4c(c3)C(C)(C)c3ccccc3-4)c3cc4c5c(cccc5c3)-c3cc(N(c5ccccc5)c5ccccc5)ccc3O4)cc21. The number of rotatable bonds is 6. The molecular formula is C58H44N2O. The van der Waals surface area contributed by atoms with E-state index < -0.39 is 0 Å². The van der Waals surface area contributed by atoms with Crippen LogP contribution >= 0.6 is 0 Å². The molecule has 1 aliphatic heterocycles. The molecule has 292 valence electrons. The quantitative estimate of drug-likeness (QED) is 0.167. The van der Waals surface area contributed by atoms with E-state index in [1.54, 1.807) is 0 Å². The molecule has 9 aromatic carbocycles. The Labute approximate surface area is 357 Å². The van der Waals surface area contributed by atoms with Gasteiger partial charge in [0.2, 0.25) is 0 Å². The molecular weight excluding hydrogens is 741 g/mol. The van der Waals surface area contributed by atoms with Gasteiger partial charge in [0.1, 0.15) is 11.5 Å². The normalized spacial score (nSPS) is 14.3. The van der Waals surface area contributed by atoms with Crippen LogP contribution in [0.3, 0.4) is 0 Å². The maximum atomic E-state index is 7.01. The van der Waals surface area contributed by atoms with Crippen LogP contribution in [0.25, 0.3) is 44.2 Å². The second-order valence-corrected chi connectivity index (χ2v) is 17.8. The summed E-state index contributed by atoms with van der Waals surface area (Å²) in [5.74, 6) is 1.71. The van der Waals surface area contributed by atoms with E-state index in [1.165, 1.54) is 50.1 Å². The number of para-hydroxylation sites is 2. The summed E-state index contributed by atoms with van der Waals surface area (Å²) in [6.45, 7) is 9.44. The van der Waals surface area contributed by atoms with Gasteiger partial charge in [0.05, 0.1) is 5.69 Å². The fraction of sp³-hybridized carbons (Fsp3) is 0.103. The van der Waals surface area contributed by atoms with Gasteiger partial charge in [0, 0.05) is 56.3 Å². The molecule has 0 spiro atoms. The summed E-state index contributed by atoms with van der Waals surface area (Å²) in [6, 6.07) is 70.9. The van der Waals surface area contributed by atoms with E-state index in [0.29, 0.717) is 0 Å². The summed E-state index contributed by atoms with van der Waals surface area (Å²) in [5, 5.41) is 2.26. The van der Waals surface area contributed by atoms with Crippen molar-refractivity contribution in [2.75, 3.05) is 9.80 Å². The van der Waals surface area contributed by atoms with Crippen molar-refractivity contribution in [3.63, 3.8) is 0 Å². The molecule has 0 saturated carbocycles. The van der Waals surface area contributed by atoms with Crippen molar-refractivity contribution >= 4 is 44.9 Å². The Balaban J connectivity index is 1.03. The van der Waals surface area contributed by atoms with E-state index in [4.69, 9.17) is 4.74 Å². The zero-order valence-corrected chi connectivity index (χ0v) is 34.8. The molecule has 3 aliphatic rings. The van der Waals surface area contributed by atoms with Crippen LogP contribution < -0.4 is 14.5 Å². The fourth-order valence-electron chi connectivity index (χ4n) is 10.6. The molecule has 1 heterocycles. The van der Waals surface area contributed by atoms with Gasteiger partial charge < -0.3 is 14.5 Å². The van der Waals surface area contributed by atoms with E-state index >= 15 is 0 Å². The van der Waals surface area contributed by atoms with E-state index in [1.807, 2.05) is 0 Å². The third-order valence-electron chi connectivity index (χ3n) is 13.6. The Morgan fingerprint density at radius 2 is 0.787 bits per heavy atom. The van der Waals surface area contributed by atoms with Crippen molar-refractivity contribution in [1.29, 1.82) is 0 Å². The van der Waals surface area contributed by atoms with Crippen LogP contribution in [0.5, 0.6) is 11.5 Å². The highest BCUT2D eigenvalue weighted by Crippen LogP contribution is 2.55. The van der Waals surface area contributed by atoms with Crippen LogP contribution in [0.1, 0.15) is 49.9 Å². The molecule has 0 fully saturated rings. The molecule has 3 heteroatoms. The maximum Gasteiger partial charge on any atom is 0.138 e. The molecule has 61 heavy (non-hydrogen) atoms. The number of ether oxygens (including phenoxy) is 1. The van der Waals surface area contributed by atoms with E-state index in [-0.39, 0.29) is 10.8 Å². The predicted octanol–water partition coefficient (Wildman–Crippen LogP) is 16.2. The lowest BCUT2D eigenvalue weighted by molar-refractivity contribution is 0.487. The van der Waals surface area contributed by atoms with Gasteiger partial charge in [-0.3, -0.25) is 0 Å². The predicted molar refractivity (Wildman–Crippen MR) is 254 cm³/mol. The minimum absolute atomic E-state index is 0.137. The third kappa shape index (κ3) is 5.30. The number of benzene rings is 9. The van der Waals surface area contributed by atoms with Gasteiger partial charge >= 0.3 is 0 Å². The van der Waals surface area contributed by atoms with Crippen molar-refractivity contribution in [2.24, 2.45) is 0 Å². The van der Waals surface area contributed by atoms with Gasteiger partial charge in [-0.1, -0.05) is 143 Å². The molecule has 0 radical (unpaired) electrons. The van der Waals surface area contributed by atoms with Gasteiger partial charge in [-0.15, -0.1) is 0 Å². The largest absolute Gasteiger partial charge is 0.456 e. The van der Waals surface area contributed by atoms with E-state index in [0.717, 1.165) is 62.0 Å². The number of hydrogen-bond acceptors (Lipinski definition) is 3. The minimum Gasteiger partial charge on any atom is -0.456 e. The molecule has 12 rings (SSSR count). The average molecular weight is 785 g/mol. The number of anilines is 6. The molecule has 0 aromatic heterocycles. The van der Waals surface area contributed by atoms with Crippen LogP contribution in [0.15, 0.2) is 194 Å².